The number of benzene rings is 1. The molecule has 6 nitrogen and oxygen atoms in total. The number of ether oxygens (including phenoxy) is 1. The molecule has 0 atom stereocenters. The number of nitrogens with two attached hydrogens (primary N) is 1. The van der Waals surface area contributed by atoms with E-state index in [1.165, 1.54) is 7.05 Å². The maximum atomic E-state index is 11.3. The molecule has 0 aliphatic heterocycles. The first-order valence-electron chi connectivity index (χ1n) is 6.40. The second-order valence-electron chi connectivity index (χ2n) is 4.50. The van der Waals surface area contributed by atoms with Gasteiger partial charge in [-0.15, -0.1) is 0 Å². The largest absolute Gasteiger partial charge is 0.412 e. The molecule has 0 aliphatic rings. The topological polar surface area (TPSA) is 81.6 Å². The zero-order chi connectivity index (χ0) is 14.8. The summed E-state index contributed by atoms with van der Waals surface area (Å²) in [4.78, 5) is 15.6. The van der Waals surface area contributed by atoms with Crippen LogP contribution in [0, 0.1) is 0 Å². The van der Waals surface area contributed by atoms with E-state index in [-0.39, 0.29) is 0 Å². The molecule has 0 radical (unpaired) electrons. The summed E-state index contributed by atoms with van der Waals surface area (Å²) in [6.07, 6.45) is 2.96. The van der Waals surface area contributed by atoms with Gasteiger partial charge in [0.25, 0.3) is 0 Å². The number of aromatic nitrogens is 2. The molecule has 0 saturated heterocycles. The smallest absolute Gasteiger partial charge is 0.409 e. The van der Waals surface area contributed by atoms with Gasteiger partial charge in [-0.25, -0.2) is 9.78 Å². The highest BCUT2D eigenvalue weighted by molar-refractivity contribution is 5.71. The summed E-state index contributed by atoms with van der Waals surface area (Å²) >= 11 is 0. The van der Waals surface area contributed by atoms with Gasteiger partial charge in [0, 0.05) is 18.3 Å². The molecular formula is C15H14N4O2. The number of nitrogens with zero attached hydrogens (tertiary/aromatic N) is 2. The number of pyridine rings is 1. The number of rotatable bonds is 2. The molecule has 1 amide bonds. The third-order valence-electron chi connectivity index (χ3n) is 3.08. The van der Waals surface area contributed by atoms with Gasteiger partial charge < -0.3 is 15.8 Å². The van der Waals surface area contributed by atoms with Gasteiger partial charge in [-0.2, -0.15) is 0 Å². The number of carbonyl (C=O) groups is 1. The minimum Gasteiger partial charge on any atom is -0.409 e. The Kier molecular flexibility index (Phi) is 3.19. The second kappa shape index (κ2) is 5.16. The van der Waals surface area contributed by atoms with Crippen molar-refractivity contribution in [1.29, 1.82) is 0 Å². The number of imidazole rings is 1. The van der Waals surface area contributed by atoms with Crippen molar-refractivity contribution in [2.75, 3.05) is 12.8 Å². The molecule has 3 rings (SSSR count). The van der Waals surface area contributed by atoms with Crippen molar-refractivity contribution in [1.82, 2.24) is 14.7 Å². The molecule has 6 heteroatoms. The lowest BCUT2D eigenvalue weighted by Gasteiger charge is -2.06. The molecule has 2 heterocycles. The van der Waals surface area contributed by atoms with E-state index in [2.05, 4.69) is 10.3 Å². The van der Waals surface area contributed by atoms with E-state index in [0.717, 1.165) is 16.9 Å². The molecule has 0 bridgehead atoms. The van der Waals surface area contributed by atoms with E-state index in [0.29, 0.717) is 11.4 Å². The molecule has 21 heavy (non-hydrogen) atoms. The van der Waals surface area contributed by atoms with E-state index in [4.69, 9.17) is 10.5 Å². The third kappa shape index (κ3) is 2.51. The highest BCUT2D eigenvalue weighted by Crippen LogP contribution is 2.24. The van der Waals surface area contributed by atoms with Gasteiger partial charge in [0.15, 0.2) is 0 Å². The Morgan fingerprint density at radius 1 is 1.33 bits per heavy atom. The van der Waals surface area contributed by atoms with Crippen molar-refractivity contribution in [3.05, 3.63) is 48.8 Å². The Labute approximate surface area is 121 Å². The van der Waals surface area contributed by atoms with Gasteiger partial charge >= 0.3 is 6.09 Å². The number of carbonyl (C=O) groups excluding carboxylic acids is 1. The van der Waals surface area contributed by atoms with E-state index in [1.807, 2.05) is 28.7 Å². The van der Waals surface area contributed by atoms with Crippen LogP contribution in [-0.4, -0.2) is 22.5 Å². The third-order valence-corrected chi connectivity index (χ3v) is 3.08. The van der Waals surface area contributed by atoms with Crippen molar-refractivity contribution >= 4 is 17.4 Å². The van der Waals surface area contributed by atoms with Crippen LogP contribution in [0.4, 0.5) is 10.5 Å². The average Bonchev–Trinajstić information content (AvgIpc) is 2.90. The molecule has 3 N–H and O–H groups in total. The zero-order valence-electron chi connectivity index (χ0n) is 11.4. The molecule has 0 spiro atoms. The highest BCUT2D eigenvalue weighted by Gasteiger charge is 2.08. The van der Waals surface area contributed by atoms with Gasteiger partial charge in [-0.3, -0.25) is 4.40 Å². The first-order chi connectivity index (χ1) is 10.2. The number of hydrogen-bond acceptors (Lipinski definition) is 4. The fourth-order valence-electron chi connectivity index (χ4n) is 2.09. The number of amides is 1. The minimum absolute atomic E-state index is 0.435. The molecule has 106 valence electrons. The molecule has 2 aromatic heterocycles. The number of hydrogen-bond donors (Lipinski definition) is 2. The van der Waals surface area contributed by atoms with Crippen LogP contribution < -0.4 is 15.8 Å². The molecule has 1 aromatic carbocycles. The normalized spacial score (nSPS) is 10.5. The maximum absolute atomic E-state index is 11.3. The summed E-state index contributed by atoms with van der Waals surface area (Å²) in [5, 5.41) is 2.41. The second-order valence-corrected chi connectivity index (χ2v) is 4.50. The maximum Gasteiger partial charge on any atom is 0.412 e. The Morgan fingerprint density at radius 3 is 2.95 bits per heavy atom. The molecule has 0 unspecified atom stereocenters. The molecule has 0 aliphatic carbocycles. The standard InChI is InChI=1S/C15H14N4O2/c1-17-15(20)21-12-5-6-14-18-8-13(19(14)9-12)10-3-2-4-11(16)7-10/h2-9H,16H2,1H3,(H,17,20). The molecular weight excluding hydrogens is 268 g/mol. The van der Waals surface area contributed by atoms with E-state index < -0.39 is 6.09 Å². The lowest BCUT2D eigenvalue weighted by atomic mass is 10.1. The van der Waals surface area contributed by atoms with E-state index in [1.54, 1.807) is 24.5 Å². The monoisotopic (exact) mass is 282 g/mol. The van der Waals surface area contributed by atoms with E-state index >= 15 is 0 Å². The van der Waals surface area contributed by atoms with Crippen molar-refractivity contribution in [2.45, 2.75) is 0 Å². The van der Waals surface area contributed by atoms with Gasteiger partial charge in [0.2, 0.25) is 0 Å². The van der Waals surface area contributed by atoms with Crippen LogP contribution in [-0.2, 0) is 0 Å². The van der Waals surface area contributed by atoms with Crippen LogP contribution in [0.3, 0.4) is 0 Å². The zero-order valence-corrected chi connectivity index (χ0v) is 11.4. The SMILES string of the molecule is CNC(=O)Oc1ccc2ncc(-c3cccc(N)c3)n2c1. The lowest BCUT2D eigenvalue weighted by Crippen LogP contribution is -2.22. The van der Waals surface area contributed by atoms with Gasteiger partial charge in [-0.1, -0.05) is 12.1 Å². The van der Waals surface area contributed by atoms with Gasteiger partial charge in [0.05, 0.1) is 18.1 Å². The number of nitrogen functional groups attached to an aromatic ring is 1. The number of anilines is 1. The van der Waals surface area contributed by atoms with Crippen LogP contribution in [0.2, 0.25) is 0 Å². The van der Waals surface area contributed by atoms with Crippen LogP contribution in [0.5, 0.6) is 5.75 Å². The molecule has 0 fully saturated rings. The van der Waals surface area contributed by atoms with Crippen LogP contribution in [0.15, 0.2) is 48.8 Å². The predicted octanol–water partition coefficient (Wildman–Crippen LogP) is 2.30. The quantitative estimate of drug-likeness (QED) is 0.707. The number of nitrogens with one attached hydrogen (secondary N) is 1. The number of fused-ring (bicyclic) bond motifs is 1. The van der Waals surface area contributed by atoms with Crippen LogP contribution in [0.25, 0.3) is 16.9 Å². The van der Waals surface area contributed by atoms with Crippen molar-refractivity contribution in [2.24, 2.45) is 0 Å². The summed E-state index contributed by atoms with van der Waals surface area (Å²) in [5.41, 5.74) is 9.08. The van der Waals surface area contributed by atoms with Crippen molar-refractivity contribution in [3.63, 3.8) is 0 Å². The summed E-state index contributed by atoms with van der Waals surface area (Å²) in [5.74, 6) is 0.435. The first kappa shape index (κ1) is 13.0. The summed E-state index contributed by atoms with van der Waals surface area (Å²) in [7, 11) is 1.51. The van der Waals surface area contributed by atoms with E-state index in [9.17, 15) is 4.79 Å². The van der Waals surface area contributed by atoms with Gasteiger partial charge in [0.1, 0.15) is 11.4 Å². The molecule has 3 aromatic rings. The van der Waals surface area contributed by atoms with Crippen LogP contribution in [0.1, 0.15) is 0 Å². The summed E-state index contributed by atoms with van der Waals surface area (Å²) in [6.45, 7) is 0. The average molecular weight is 282 g/mol. The highest BCUT2D eigenvalue weighted by atomic mass is 16.6. The lowest BCUT2D eigenvalue weighted by molar-refractivity contribution is 0.202. The van der Waals surface area contributed by atoms with Crippen molar-refractivity contribution < 1.29 is 9.53 Å². The summed E-state index contributed by atoms with van der Waals surface area (Å²) < 4.78 is 6.99. The fourth-order valence-corrected chi connectivity index (χ4v) is 2.09. The predicted molar refractivity (Wildman–Crippen MR) is 80.1 cm³/mol. The summed E-state index contributed by atoms with van der Waals surface area (Å²) in [6, 6.07) is 11.0. The Hall–Kier alpha value is -3.02. The first-order valence-corrected chi connectivity index (χ1v) is 6.40. The molecule has 0 saturated carbocycles. The van der Waals surface area contributed by atoms with Crippen molar-refractivity contribution in [3.8, 4) is 17.0 Å². The Balaban J connectivity index is 2.07. The Bertz CT molecular complexity index is 810. The van der Waals surface area contributed by atoms with Gasteiger partial charge in [-0.05, 0) is 24.3 Å². The fraction of sp³-hybridized carbons (Fsp3) is 0.0667. The van der Waals surface area contributed by atoms with Crippen LogP contribution >= 0.6 is 0 Å². The minimum atomic E-state index is -0.514. The Morgan fingerprint density at radius 2 is 2.19 bits per heavy atom.